The van der Waals surface area contributed by atoms with Gasteiger partial charge in [-0.25, -0.2) is 0 Å². The second kappa shape index (κ2) is 6.88. The van der Waals surface area contributed by atoms with Crippen LogP contribution in [0.2, 0.25) is 0 Å². The second-order valence-corrected chi connectivity index (χ2v) is 6.21. The number of amides is 2. The van der Waals surface area contributed by atoms with Crippen molar-refractivity contribution in [3.63, 3.8) is 0 Å². The number of rotatable bonds is 4. The second-order valence-electron chi connectivity index (χ2n) is 5.30. The number of nitrogens with two attached hydrogens (primary N) is 1. The first-order valence-corrected chi connectivity index (χ1v) is 7.64. The maximum atomic E-state index is 12.2. The van der Waals surface area contributed by atoms with E-state index in [0.29, 0.717) is 18.8 Å². The molecule has 0 radical (unpaired) electrons. The Hall–Kier alpha value is -1.36. The van der Waals surface area contributed by atoms with Crippen molar-refractivity contribution in [1.82, 2.24) is 4.90 Å². The third-order valence-electron chi connectivity index (χ3n) is 3.73. The zero-order chi connectivity index (χ0) is 14.5. The molecule has 20 heavy (non-hydrogen) atoms. The van der Waals surface area contributed by atoms with Crippen molar-refractivity contribution >= 4 is 27.7 Å². The minimum Gasteiger partial charge on any atom is -0.370 e. The Morgan fingerprint density at radius 3 is 2.35 bits per heavy atom. The first-order valence-electron chi connectivity index (χ1n) is 6.85. The van der Waals surface area contributed by atoms with Crippen molar-refractivity contribution in [2.75, 3.05) is 13.1 Å². The molecule has 0 bridgehead atoms. The zero-order valence-corrected chi connectivity index (χ0v) is 12.9. The average Bonchev–Trinajstić information content (AvgIpc) is 2.41. The summed E-state index contributed by atoms with van der Waals surface area (Å²) in [6.07, 6.45) is 2.62. The van der Waals surface area contributed by atoms with E-state index in [1.807, 2.05) is 29.2 Å². The average molecular weight is 339 g/mol. The molecule has 0 spiro atoms. The Kier molecular flexibility index (Phi) is 5.17. The highest BCUT2D eigenvalue weighted by atomic mass is 79.9. The first-order chi connectivity index (χ1) is 9.54. The van der Waals surface area contributed by atoms with Gasteiger partial charge in [0.05, 0.1) is 6.42 Å². The molecule has 1 aliphatic rings. The fourth-order valence-corrected chi connectivity index (χ4v) is 2.82. The van der Waals surface area contributed by atoms with E-state index >= 15 is 0 Å². The molecule has 1 aliphatic heterocycles. The molecule has 1 saturated heterocycles. The van der Waals surface area contributed by atoms with Gasteiger partial charge in [0, 0.05) is 24.0 Å². The molecular formula is C15H19BrN2O2. The highest BCUT2D eigenvalue weighted by molar-refractivity contribution is 9.10. The molecule has 0 aromatic heterocycles. The van der Waals surface area contributed by atoms with Crippen LogP contribution in [0, 0.1) is 5.92 Å². The Labute approximate surface area is 127 Å². The SMILES string of the molecule is NC(=O)CC1CCN(C(=O)Cc2ccc(Br)cc2)CC1. The number of halogens is 1. The van der Waals surface area contributed by atoms with Crippen LogP contribution in [0.5, 0.6) is 0 Å². The number of nitrogens with zero attached hydrogens (tertiary/aromatic N) is 1. The smallest absolute Gasteiger partial charge is 0.226 e. The van der Waals surface area contributed by atoms with E-state index in [4.69, 9.17) is 5.73 Å². The Bertz CT molecular complexity index is 479. The fourth-order valence-electron chi connectivity index (χ4n) is 2.56. The summed E-state index contributed by atoms with van der Waals surface area (Å²) in [4.78, 5) is 25.0. The van der Waals surface area contributed by atoms with Crippen LogP contribution in [0.4, 0.5) is 0 Å². The summed E-state index contributed by atoms with van der Waals surface area (Å²) in [5.41, 5.74) is 6.23. The van der Waals surface area contributed by atoms with Crippen molar-refractivity contribution in [3.05, 3.63) is 34.3 Å². The normalized spacial score (nSPS) is 16.1. The summed E-state index contributed by atoms with van der Waals surface area (Å²) in [5, 5.41) is 0. The van der Waals surface area contributed by atoms with Crippen LogP contribution in [0.15, 0.2) is 28.7 Å². The van der Waals surface area contributed by atoms with Crippen LogP contribution in [0.3, 0.4) is 0 Å². The maximum absolute atomic E-state index is 12.2. The van der Waals surface area contributed by atoms with Gasteiger partial charge in [0.1, 0.15) is 0 Å². The molecule has 1 aromatic rings. The van der Waals surface area contributed by atoms with Crippen LogP contribution in [-0.2, 0) is 16.0 Å². The lowest BCUT2D eigenvalue weighted by molar-refractivity contribution is -0.131. The lowest BCUT2D eigenvalue weighted by atomic mass is 9.93. The highest BCUT2D eigenvalue weighted by Crippen LogP contribution is 2.21. The van der Waals surface area contributed by atoms with E-state index in [1.54, 1.807) is 0 Å². The van der Waals surface area contributed by atoms with E-state index in [-0.39, 0.29) is 11.8 Å². The quantitative estimate of drug-likeness (QED) is 0.913. The molecule has 1 aromatic carbocycles. The van der Waals surface area contributed by atoms with Crippen LogP contribution in [0.25, 0.3) is 0 Å². The molecule has 5 heteroatoms. The summed E-state index contributed by atoms with van der Waals surface area (Å²) in [7, 11) is 0. The molecule has 4 nitrogen and oxygen atoms in total. The summed E-state index contributed by atoms with van der Waals surface area (Å²) < 4.78 is 1.01. The first kappa shape index (κ1) is 15.0. The van der Waals surface area contributed by atoms with Gasteiger partial charge in [-0.2, -0.15) is 0 Å². The monoisotopic (exact) mass is 338 g/mol. The molecule has 2 N–H and O–H groups in total. The van der Waals surface area contributed by atoms with Crippen LogP contribution in [-0.4, -0.2) is 29.8 Å². The van der Waals surface area contributed by atoms with Crippen LogP contribution in [0.1, 0.15) is 24.8 Å². The number of benzene rings is 1. The van der Waals surface area contributed by atoms with Gasteiger partial charge in [-0.1, -0.05) is 28.1 Å². The van der Waals surface area contributed by atoms with Gasteiger partial charge in [-0.15, -0.1) is 0 Å². The number of hydrogen-bond acceptors (Lipinski definition) is 2. The molecule has 108 valence electrons. The van der Waals surface area contributed by atoms with Crippen LogP contribution >= 0.6 is 15.9 Å². The number of carbonyl (C=O) groups is 2. The molecule has 0 atom stereocenters. The molecule has 2 rings (SSSR count). The Balaban J connectivity index is 1.82. The third-order valence-corrected chi connectivity index (χ3v) is 4.25. The molecular weight excluding hydrogens is 320 g/mol. The third kappa shape index (κ3) is 4.34. The number of hydrogen-bond donors (Lipinski definition) is 1. The number of primary amides is 1. The minimum absolute atomic E-state index is 0.157. The van der Waals surface area contributed by atoms with Gasteiger partial charge < -0.3 is 10.6 Å². The fraction of sp³-hybridized carbons (Fsp3) is 0.467. The minimum atomic E-state index is -0.246. The van der Waals surface area contributed by atoms with E-state index in [0.717, 1.165) is 36.0 Å². The van der Waals surface area contributed by atoms with Crippen molar-refractivity contribution in [3.8, 4) is 0 Å². The Morgan fingerprint density at radius 2 is 1.80 bits per heavy atom. The lowest BCUT2D eigenvalue weighted by Crippen LogP contribution is -2.40. The highest BCUT2D eigenvalue weighted by Gasteiger charge is 2.23. The van der Waals surface area contributed by atoms with Crippen molar-refractivity contribution < 1.29 is 9.59 Å². The molecule has 0 aliphatic carbocycles. The van der Waals surface area contributed by atoms with Gasteiger partial charge in [0.15, 0.2) is 0 Å². The van der Waals surface area contributed by atoms with Gasteiger partial charge in [-0.3, -0.25) is 9.59 Å². The van der Waals surface area contributed by atoms with Gasteiger partial charge in [0.25, 0.3) is 0 Å². The van der Waals surface area contributed by atoms with Crippen molar-refractivity contribution in [1.29, 1.82) is 0 Å². The molecule has 0 unspecified atom stereocenters. The predicted molar refractivity (Wildman–Crippen MR) is 81.0 cm³/mol. The zero-order valence-electron chi connectivity index (χ0n) is 11.3. The lowest BCUT2D eigenvalue weighted by Gasteiger charge is -2.31. The number of piperidine rings is 1. The van der Waals surface area contributed by atoms with Crippen LogP contribution < -0.4 is 5.73 Å². The largest absolute Gasteiger partial charge is 0.370 e. The van der Waals surface area contributed by atoms with E-state index in [2.05, 4.69) is 15.9 Å². The molecule has 1 fully saturated rings. The topological polar surface area (TPSA) is 63.4 Å². The molecule has 2 amide bonds. The van der Waals surface area contributed by atoms with Gasteiger partial charge >= 0.3 is 0 Å². The van der Waals surface area contributed by atoms with Crippen molar-refractivity contribution in [2.45, 2.75) is 25.7 Å². The van der Waals surface area contributed by atoms with E-state index < -0.39 is 0 Å². The summed E-state index contributed by atoms with van der Waals surface area (Å²) in [5.74, 6) is 0.249. The van der Waals surface area contributed by atoms with E-state index in [9.17, 15) is 9.59 Å². The Morgan fingerprint density at radius 1 is 1.20 bits per heavy atom. The van der Waals surface area contributed by atoms with Gasteiger partial charge in [-0.05, 0) is 36.5 Å². The van der Waals surface area contributed by atoms with Crippen molar-refractivity contribution in [2.24, 2.45) is 11.7 Å². The standard InChI is InChI=1S/C15H19BrN2O2/c16-13-3-1-11(2-4-13)10-15(20)18-7-5-12(6-8-18)9-14(17)19/h1-4,12H,5-10H2,(H2,17,19). The van der Waals surface area contributed by atoms with E-state index in [1.165, 1.54) is 0 Å². The summed E-state index contributed by atoms with van der Waals surface area (Å²) >= 11 is 3.38. The molecule has 0 saturated carbocycles. The maximum Gasteiger partial charge on any atom is 0.226 e. The number of carbonyl (C=O) groups excluding carboxylic acids is 2. The summed E-state index contributed by atoms with van der Waals surface area (Å²) in [6.45, 7) is 1.46. The molecule has 1 heterocycles. The predicted octanol–water partition coefficient (Wildman–Crippen LogP) is 2.11. The number of likely N-dealkylation sites (tertiary alicyclic amines) is 1. The van der Waals surface area contributed by atoms with Gasteiger partial charge in [0.2, 0.25) is 11.8 Å². The summed E-state index contributed by atoms with van der Waals surface area (Å²) in [6, 6.07) is 7.81.